The van der Waals surface area contributed by atoms with Crippen molar-refractivity contribution in [3.8, 4) is 0 Å². The Bertz CT molecular complexity index is 438. The molecular weight excluding hydrogens is 256 g/mol. The molecule has 2 aliphatic rings. The number of benzene rings is 1. The van der Waals surface area contributed by atoms with Gasteiger partial charge in [-0.15, -0.1) is 11.8 Å². The van der Waals surface area contributed by atoms with E-state index in [1.165, 1.54) is 22.6 Å². The van der Waals surface area contributed by atoms with Crippen LogP contribution in [0, 0.1) is 0 Å². The molecule has 1 fully saturated rings. The molecule has 0 saturated carbocycles. The zero-order valence-electron chi connectivity index (χ0n) is 11.4. The van der Waals surface area contributed by atoms with Crippen LogP contribution in [0.1, 0.15) is 24.9 Å². The lowest BCUT2D eigenvalue weighted by Crippen LogP contribution is -2.50. The third-order valence-electron chi connectivity index (χ3n) is 4.08. The van der Waals surface area contributed by atoms with Crippen LogP contribution in [-0.4, -0.2) is 42.5 Å². The lowest BCUT2D eigenvalue weighted by Gasteiger charge is -2.41. The smallest absolute Gasteiger partial charge is 0.0850 e. The highest BCUT2D eigenvalue weighted by Crippen LogP contribution is 2.39. The third-order valence-corrected chi connectivity index (χ3v) is 5.20. The molecule has 0 radical (unpaired) electrons. The molecule has 3 nitrogen and oxygen atoms in total. The van der Waals surface area contributed by atoms with Gasteiger partial charge in [0, 0.05) is 30.1 Å². The second-order valence-corrected chi connectivity index (χ2v) is 6.59. The van der Waals surface area contributed by atoms with E-state index >= 15 is 0 Å². The summed E-state index contributed by atoms with van der Waals surface area (Å²) in [6, 6.07) is 9.47. The lowest BCUT2D eigenvalue weighted by atomic mass is 10.00. The van der Waals surface area contributed by atoms with Gasteiger partial charge in [0.25, 0.3) is 0 Å². The Morgan fingerprint density at radius 1 is 1.42 bits per heavy atom. The zero-order valence-corrected chi connectivity index (χ0v) is 12.2. The molecule has 2 aliphatic heterocycles. The number of rotatable bonds is 2. The fourth-order valence-corrected chi connectivity index (χ4v) is 4.11. The fraction of sp³-hybridized carbons (Fsp3) is 0.600. The first-order valence-electron chi connectivity index (χ1n) is 7.08. The highest BCUT2D eigenvalue weighted by atomic mass is 32.2. The summed E-state index contributed by atoms with van der Waals surface area (Å²) >= 11 is 1.98. The highest BCUT2D eigenvalue weighted by molar-refractivity contribution is 7.99. The minimum Gasteiger partial charge on any atom is -0.374 e. The van der Waals surface area contributed by atoms with Crippen LogP contribution in [0.3, 0.4) is 0 Å². The number of fused-ring (bicyclic) bond motifs is 1. The quantitative estimate of drug-likeness (QED) is 0.901. The van der Waals surface area contributed by atoms with Crippen molar-refractivity contribution < 1.29 is 4.74 Å². The zero-order chi connectivity index (χ0) is 13.2. The maximum absolute atomic E-state index is 6.00. The molecule has 0 aromatic heterocycles. The van der Waals surface area contributed by atoms with Crippen LogP contribution < -0.4 is 5.73 Å². The summed E-state index contributed by atoms with van der Waals surface area (Å²) in [5.74, 6) is 1.21. The van der Waals surface area contributed by atoms with Gasteiger partial charge in [0.05, 0.1) is 12.7 Å². The SMILES string of the molecule is CC(N)C1CN(C2CCSc3ccccc32)CCO1. The number of hydrogen-bond acceptors (Lipinski definition) is 4. The molecule has 3 unspecified atom stereocenters. The van der Waals surface area contributed by atoms with Gasteiger partial charge in [0.2, 0.25) is 0 Å². The Morgan fingerprint density at radius 2 is 2.26 bits per heavy atom. The average Bonchev–Trinajstić information content (AvgIpc) is 2.47. The Balaban J connectivity index is 1.79. The van der Waals surface area contributed by atoms with Crippen LogP contribution in [0.15, 0.2) is 29.2 Å². The normalized spacial score (nSPS) is 29.8. The Morgan fingerprint density at radius 3 is 3.11 bits per heavy atom. The van der Waals surface area contributed by atoms with Crippen molar-refractivity contribution in [1.82, 2.24) is 4.90 Å². The summed E-state index contributed by atoms with van der Waals surface area (Å²) in [7, 11) is 0. The van der Waals surface area contributed by atoms with E-state index in [1.807, 2.05) is 18.7 Å². The molecular formula is C15H22N2OS. The molecule has 0 spiro atoms. The monoisotopic (exact) mass is 278 g/mol. The van der Waals surface area contributed by atoms with Gasteiger partial charge < -0.3 is 10.5 Å². The molecule has 3 rings (SSSR count). The minimum atomic E-state index is 0.107. The van der Waals surface area contributed by atoms with E-state index in [-0.39, 0.29) is 12.1 Å². The topological polar surface area (TPSA) is 38.5 Å². The standard InChI is InChI=1S/C15H22N2OS/c1-11(16)14-10-17(7-8-18-14)13-6-9-19-15-5-3-2-4-12(13)15/h2-5,11,13-14H,6-10,16H2,1H3. The molecule has 1 aromatic carbocycles. The van der Waals surface area contributed by atoms with Crippen molar-refractivity contribution in [1.29, 1.82) is 0 Å². The molecule has 0 aliphatic carbocycles. The molecule has 1 saturated heterocycles. The van der Waals surface area contributed by atoms with Gasteiger partial charge in [0.15, 0.2) is 0 Å². The molecule has 3 atom stereocenters. The predicted octanol–water partition coefficient (Wildman–Crippen LogP) is 2.27. The van der Waals surface area contributed by atoms with Crippen LogP contribution in [-0.2, 0) is 4.74 Å². The Hall–Kier alpha value is -0.550. The molecule has 0 amide bonds. The van der Waals surface area contributed by atoms with Gasteiger partial charge in [0.1, 0.15) is 0 Å². The highest BCUT2D eigenvalue weighted by Gasteiger charge is 2.31. The van der Waals surface area contributed by atoms with Gasteiger partial charge in [-0.25, -0.2) is 0 Å². The van der Waals surface area contributed by atoms with E-state index in [2.05, 4.69) is 29.2 Å². The van der Waals surface area contributed by atoms with Crippen molar-refractivity contribution in [2.24, 2.45) is 5.73 Å². The molecule has 0 bridgehead atoms. The summed E-state index contributed by atoms with van der Waals surface area (Å²) in [5.41, 5.74) is 7.49. The first kappa shape index (κ1) is 13.4. The van der Waals surface area contributed by atoms with E-state index in [4.69, 9.17) is 10.5 Å². The molecule has 2 heterocycles. The third kappa shape index (κ3) is 2.82. The van der Waals surface area contributed by atoms with Gasteiger partial charge in [-0.2, -0.15) is 0 Å². The Labute approximate surface area is 119 Å². The number of nitrogens with two attached hydrogens (primary N) is 1. The molecule has 4 heteroatoms. The summed E-state index contributed by atoms with van der Waals surface area (Å²) in [5, 5.41) is 0. The van der Waals surface area contributed by atoms with Crippen LogP contribution in [0.4, 0.5) is 0 Å². The van der Waals surface area contributed by atoms with Gasteiger partial charge in [-0.3, -0.25) is 4.90 Å². The van der Waals surface area contributed by atoms with E-state index < -0.39 is 0 Å². The van der Waals surface area contributed by atoms with Crippen LogP contribution in [0.5, 0.6) is 0 Å². The first-order chi connectivity index (χ1) is 9.25. The van der Waals surface area contributed by atoms with Gasteiger partial charge >= 0.3 is 0 Å². The number of morpholine rings is 1. The molecule has 19 heavy (non-hydrogen) atoms. The number of hydrogen-bond donors (Lipinski definition) is 1. The van der Waals surface area contributed by atoms with Gasteiger partial charge in [-0.05, 0) is 30.7 Å². The number of ether oxygens (including phenoxy) is 1. The number of nitrogens with zero attached hydrogens (tertiary/aromatic N) is 1. The summed E-state index contributed by atoms with van der Waals surface area (Å²) < 4.78 is 5.78. The fourth-order valence-electron chi connectivity index (χ4n) is 3.00. The Kier molecular flexibility index (Phi) is 4.12. The maximum atomic E-state index is 6.00. The van der Waals surface area contributed by atoms with E-state index in [0.29, 0.717) is 6.04 Å². The molecule has 1 aromatic rings. The minimum absolute atomic E-state index is 0.107. The van der Waals surface area contributed by atoms with Gasteiger partial charge in [-0.1, -0.05) is 18.2 Å². The van der Waals surface area contributed by atoms with Crippen molar-refractivity contribution in [3.63, 3.8) is 0 Å². The average molecular weight is 278 g/mol. The molecule has 2 N–H and O–H groups in total. The lowest BCUT2D eigenvalue weighted by molar-refractivity contribution is -0.0530. The van der Waals surface area contributed by atoms with Crippen LogP contribution in [0.2, 0.25) is 0 Å². The predicted molar refractivity (Wildman–Crippen MR) is 79.5 cm³/mol. The summed E-state index contributed by atoms with van der Waals surface area (Å²) in [6.07, 6.45) is 1.41. The van der Waals surface area contributed by atoms with E-state index in [0.717, 1.165) is 19.7 Å². The van der Waals surface area contributed by atoms with E-state index in [1.54, 1.807) is 0 Å². The first-order valence-corrected chi connectivity index (χ1v) is 8.07. The van der Waals surface area contributed by atoms with Crippen molar-refractivity contribution >= 4 is 11.8 Å². The summed E-state index contributed by atoms with van der Waals surface area (Å²) in [6.45, 7) is 4.82. The van der Waals surface area contributed by atoms with Crippen LogP contribution in [0.25, 0.3) is 0 Å². The van der Waals surface area contributed by atoms with Crippen molar-refractivity contribution in [3.05, 3.63) is 29.8 Å². The second kappa shape index (κ2) is 5.83. The second-order valence-electron chi connectivity index (χ2n) is 5.45. The van der Waals surface area contributed by atoms with Crippen molar-refractivity contribution in [2.75, 3.05) is 25.4 Å². The van der Waals surface area contributed by atoms with Crippen LogP contribution >= 0.6 is 11.8 Å². The van der Waals surface area contributed by atoms with Crippen molar-refractivity contribution in [2.45, 2.75) is 36.4 Å². The largest absolute Gasteiger partial charge is 0.374 e. The van der Waals surface area contributed by atoms with E-state index in [9.17, 15) is 0 Å². The molecule has 104 valence electrons. The number of thioether (sulfide) groups is 1. The summed E-state index contributed by atoms with van der Waals surface area (Å²) in [4.78, 5) is 4.01. The maximum Gasteiger partial charge on any atom is 0.0850 e.